The van der Waals surface area contributed by atoms with Gasteiger partial charge in [0.25, 0.3) is 5.91 Å². The molecule has 1 aliphatic rings. The summed E-state index contributed by atoms with van der Waals surface area (Å²) in [5.74, 6) is -0.637. The number of esters is 1. The first-order valence-electron chi connectivity index (χ1n) is 10.8. The van der Waals surface area contributed by atoms with Gasteiger partial charge in [0.2, 0.25) is 5.91 Å². The fourth-order valence-corrected chi connectivity index (χ4v) is 3.92. The third-order valence-corrected chi connectivity index (χ3v) is 5.76. The molecule has 2 aromatic carbocycles. The zero-order valence-corrected chi connectivity index (χ0v) is 19.9. The summed E-state index contributed by atoms with van der Waals surface area (Å²) >= 11 is 6.42. The van der Waals surface area contributed by atoms with Crippen molar-refractivity contribution in [2.24, 2.45) is 0 Å². The molecule has 0 bridgehead atoms. The smallest absolute Gasteiger partial charge is 0.302 e. The summed E-state index contributed by atoms with van der Waals surface area (Å²) in [6.45, 7) is 3.66. The minimum Gasteiger partial charge on any atom is -0.490 e. The zero-order chi connectivity index (χ0) is 24.9. The van der Waals surface area contributed by atoms with Gasteiger partial charge in [-0.3, -0.25) is 19.3 Å². The standard InChI is InChI=1S/C24H23ClN4O6/c1-15-21(27-35-26-15)13-28-12-17-5-3-4-6-22(17)29(14-23(28)31)24(32)19-8-7-18(11-20(19)25)34-10-9-33-16(2)30/h3-8,11H,9-10,12-14H2,1-2H3. The van der Waals surface area contributed by atoms with E-state index in [2.05, 4.69) is 10.3 Å². The van der Waals surface area contributed by atoms with Crippen LogP contribution in [0.25, 0.3) is 0 Å². The van der Waals surface area contributed by atoms with Crippen LogP contribution in [-0.4, -0.2) is 52.8 Å². The molecule has 1 aliphatic heterocycles. The van der Waals surface area contributed by atoms with Gasteiger partial charge >= 0.3 is 5.97 Å². The predicted molar refractivity (Wildman–Crippen MR) is 125 cm³/mol. The van der Waals surface area contributed by atoms with Gasteiger partial charge < -0.3 is 14.4 Å². The average Bonchev–Trinajstić information content (AvgIpc) is 3.17. The molecule has 11 heteroatoms. The van der Waals surface area contributed by atoms with Crippen molar-refractivity contribution in [3.63, 3.8) is 0 Å². The van der Waals surface area contributed by atoms with E-state index in [0.717, 1.165) is 5.56 Å². The van der Waals surface area contributed by atoms with Gasteiger partial charge in [0.15, 0.2) is 0 Å². The minimum atomic E-state index is -0.414. The lowest BCUT2D eigenvalue weighted by molar-refractivity contribution is -0.141. The highest BCUT2D eigenvalue weighted by molar-refractivity contribution is 6.34. The molecule has 2 amide bonds. The number of nitrogens with zero attached hydrogens (tertiary/aromatic N) is 4. The monoisotopic (exact) mass is 498 g/mol. The lowest BCUT2D eigenvalue weighted by atomic mass is 10.1. The third kappa shape index (κ3) is 5.60. The van der Waals surface area contributed by atoms with Crippen LogP contribution in [0.4, 0.5) is 5.69 Å². The highest BCUT2D eigenvalue weighted by Crippen LogP contribution is 2.30. The van der Waals surface area contributed by atoms with Crippen LogP contribution in [0.3, 0.4) is 0 Å². The number of aryl methyl sites for hydroxylation is 1. The number of hydrogen-bond donors (Lipinski definition) is 0. The van der Waals surface area contributed by atoms with Crippen molar-refractivity contribution in [1.82, 2.24) is 15.2 Å². The minimum absolute atomic E-state index is 0.0980. The molecule has 0 saturated heterocycles. The van der Waals surface area contributed by atoms with Gasteiger partial charge in [-0.05, 0) is 36.8 Å². The van der Waals surface area contributed by atoms with Crippen LogP contribution >= 0.6 is 11.6 Å². The van der Waals surface area contributed by atoms with Crippen LogP contribution in [0, 0.1) is 6.92 Å². The number of anilines is 1. The van der Waals surface area contributed by atoms with E-state index in [1.165, 1.54) is 17.9 Å². The van der Waals surface area contributed by atoms with Crippen molar-refractivity contribution >= 4 is 35.1 Å². The van der Waals surface area contributed by atoms with E-state index in [1.807, 2.05) is 18.2 Å². The molecule has 1 aromatic heterocycles. The van der Waals surface area contributed by atoms with Gasteiger partial charge in [-0.1, -0.05) is 40.1 Å². The molecular formula is C24H23ClN4O6. The molecule has 0 N–H and O–H groups in total. The van der Waals surface area contributed by atoms with Crippen molar-refractivity contribution < 1.29 is 28.5 Å². The van der Waals surface area contributed by atoms with E-state index in [1.54, 1.807) is 30.0 Å². The van der Waals surface area contributed by atoms with Crippen molar-refractivity contribution in [2.45, 2.75) is 26.9 Å². The molecule has 0 spiro atoms. The Balaban J connectivity index is 1.55. The maximum absolute atomic E-state index is 13.5. The maximum Gasteiger partial charge on any atom is 0.302 e. The number of amides is 2. The van der Waals surface area contributed by atoms with Crippen molar-refractivity contribution in [3.8, 4) is 5.75 Å². The van der Waals surface area contributed by atoms with Crippen LogP contribution in [0.15, 0.2) is 47.1 Å². The first kappa shape index (κ1) is 24.2. The quantitative estimate of drug-likeness (QED) is 0.360. The lowest BCUT2D eigenvalue weighted by Crippen LogP contribution is -2.40. The van der Waals surface area contributed by atoms with E-state index < -0.39 is 11.9 Å². The van der Waals surface area contributed by atoms with Crippen molar-refractivity contribution in [3.05, 3.63) is 70.0 Å². The number of halogens is 1. The van der Waals surface area contributed by atoms with Gasteiger partial charge in [-0.25, -0.2) is 4.63 Å². The molecule has 0 atom stereocenters. The van der Waals surface area contributed by atoms with E-state index in [-0.39, 0.29) is 42.8 Å². The molecule has 0 saturated carbocycles. The highest BCUT2D eigenvalue weighted by Gasteiger charge is 2.31. The van der Waals surface area contributed by atoms with Gasteiger partial charge in [-0.2, -0.15) is 0 Å². The number of hydrogen-bond acceptors (Lipinski definition) is 8. The lowest BCUT2D eigenvalue weighted by Gasteiger charge is -2.23. The van der Waals surface area contributed by atoms with Gasteiger partial charge in [0, 0.05) is 19.2 Å². The second-order valence-electron chi connectivity index (χ2n) is 7.90. The number of carbonyl (C=O) groups excluding carboxylic acids is 3. The molecule has 182 valence electrons. The van der Waals surface area contributed by atoms with E-state index in [4.69, 9.17) is 25.7 Å². The molecule has 0 unspecified atom stereocenters. The number of para-hydroxylation sites is 1. The second kappa shape index (κ2) is 10.6. The van der Waals surface area contributed by atoms with Gasteiger partial charge in [0.05, 0.1) is 17.1 Å². The first-order valence-corrected chi connectivity index (χ1v) is 11.2. The van der Waals surface area contributed by atoms with Crippen LogP contribution in [-0.2, 0) is 27.4 Å². The predicted octanol–water partition coefficient (Wildman–Crippen LogP) is 3.16. The van der Waals surface area contributed by atoms with E-state index in [9.17, 15) is 14.4 Å². The number of ether oxygens (including phenoxy) is 2. The fourth-order valence-electron chi connectivity index (χ4n) is 3.67. The normalized spacial score (nSPS) is 13.3. The van der Waals surface area contributed by atoms with Crippen LogP contribution < -0.4 is 9.64 Å². The maximum atomic E-state index is 13.5. The van der Waals surface area contributed by atoms with Crippen LogP contribution in [0.5, 0.6) is 5.75 Å². The highest BCUT2D eigenvalue weighted by atomic mass is 35.5. The van der Waals surface area contributed by atoms with Gasteiger partial charge in [-0.15, -0.1) is 0 Å². The Bertz CT molecular complexity index is 1260. The molecule has 2 heterocycles. The Hall–Kier alpha value is -3.92. The Morgan fingerprint density at radius 1 is 1.11 bits per heavy atom. The average molecular weight is 499 g/mol. The summed E-state index contributed by atoms with van der Waals surface area (Å²) in [6.07, 6.45) is 0. The summed E-state index contributed by atoms with van der Waals surface area (Å²) in [5.41, 5.74) is 2.82. The van der Waals surface area contributed by atoms with Crippen LogP contribution in [0.2, 0.25) is 5.02 Å². The molecular weight excluding hydrogens is 476 g/mol. The Morgan fingerprint density at radius 3 is 2.63 bits per heavy atom. The van der Waals surface area contributed by atoms with E-state index >= 15 is 0 Å². The molecule has 4 rings (SSSR count). The molecule has 3 aromatic rings. The summed E-state index contributed by atoms with van der Waals surface area (Å²) in [7, 11) is 0. The first-order chi connectivity index (χ1) is 16.8. The molecule has 0 aliphatic carbocycles. The SMILES string of the molecule is CC(=O)OCCOc1ccc(C(=O)N2CC(=O)N(Cc3nonc3C)Cc3ccccc32)c(Cl)c1. The van der Waals surface area contributed by atoms with Crippen molar-refractivity contribution in [1.29, 1.82) is 0 Å². The Labute approximate surface area is 206 Å². The molecule has 0 radical (unpaired) electrons. The topological polar surface area (TPSA) is 115 Å². The summed E-state index contributed by atoms with van der Waals surface area (Å²) in [6, 6.07) is 12.0. The number of benzene rings is 2. The van der Waals surface area contributed by atoms with Gasteiger partial charge in [0.1, 0.15) is 36.9 Å². The zero-order valence-electron chi connectivity index (χ0n) is 19.2. The summed E-state index contributed by atoms with van der Waals surface area (Å²) in [5, 5.41) is 7.82. The van der Waals surface area contributed by atoms with Crippen LogP contribution in [0.1, 0.15) is 34.2 Å². The third-order valence-electron chi connectivity index (χ3n) is 5.45. The summed E-state index contributed by atoms with van der Waals surface area (Å²) in [4.78, 5) is 40.6. The Morgan fingerprint density at radius 2 is 1.91 bits per heavy atom. The fraction of sp³-hybridized carbons (Fsp3) is 0.292. The number of rotatable bonds is 7. The molecule has 10 nitrogen and oxygen atoms in total. The number of aromatic nitrogens is 2. The molecule has 0 fully saturated rings. The largest absolute Gasteiger partial charge is 0.490 e. The second-order valence-corrected chi connectivity index (χ2v) is 8.30. The summed E-state index contributed by atoms with van der Waals surface area (Å²) < 4.78 is 15.1. The van der Waals surface area contributed by atoms with Crippen molar-refractivity contribution in [2.75, 3.05) is 24.7 Å². The molecule has 35 heavy (non-hydrogen) atoms. The number of fused-ring (bicyclic) bond motifs is 1. The Kier molecular flexibility index (Phi) is 7.31. The number of carbonyl (C=O) groups is 3. The van der Waals surface area contributed by atoms with E-state index in [0.29, 0.717) is 29.4 Å².